The highest BCUT2D eigenvalue weighted by atomic mass is 35.5. The first-order valence-electron chi connectivity index (χ1n) is 12.5. The summed E-state index contributed by atoms with van der Waals surface area (Å²) in [4.78, 5) is 24.5. The number of ether oxygens (including phenoxy) is 1. The van der Waals surface area contributed by atoms with Crippen LogP contribution in [0.1, 0.15) is 60.5 Å². The van der Waals surface area contributed by atoms with Crippen LogP contribution in [0.5, 0.6) is 0 Å². The molecule has 3 rings (SSSR count). The van der Waals surface area contributed by atoms with E-state index < -0.39 is 12.2 Å². The number of nitrogens with zero attached hydrogens (tertiary/aromatic N) is 3. The van der Waals surface area contributed by atoms with Gasteiger partial charge in [-0.15, -0.1) is 11.3 Å². The number of carbonyl (C=O) groups is 1. The Hall–Kier alpha value is -2.33. The molecule has 2 N–H and O–H groups in total. The number of halogens is 2. The lowest BCUT2D eigenvalue weighted by Gasteiger charge is -2.32. The first-order valence-corrected chi connectivity index (χ1v) is 14.0. The Morgan fingerprint density at radius 2 is 1.61 bits per heavy atom. The second kappa shape index (κ2) is 14.7. The molecule has 10 heteroatoms. The first kappa shape index (κ1) is 30.2. The molecule has 0 aliphatic carbocycles. The summed E-state index contributed by atoms with van der Waals surface area (Å²) in [6, 6.07) is 14.4. The van der Waals surface area contributed by atoms with E-state index in [2.05, 4.69) is 23.0 Å². The fraction of sp³-hybridized carbons (Fsp3) is 0.393. The highest BCUT2D eigenvalue weighted by Crippen LogP contribution is 2.27. The van der Waals surface area contributed by atoms with Crippen molar-refractivity contribution in [2.75, 3.05) is 19.7 Å². The van der Waals surface area contributed by atoms with Gasteiger partial charge in [-0.25, -0.2) is 14.8 Å². The number of aliphatic hydroxyl groups excluding tert-OH is 2. The summed E-state index contributed by atoms with van der Waals surface area (Å²) in [7, 11) is 0. The van der Waals surface area contributed by atoms with Crippen molar-refractivity contribution in [3.05, 3.63) is 86.1 Å². The molecule has 0 amide bonds. The molecule has 0 saturated heterocycles. The number of aliphatic hydroxyl groups is 2. The van der Waals surface area contributed by atoms with Crippen LogP contribution < -0.4 is 0 Å². The number of esters is 1. The van der Waals surface area contributed by atoms with Crippen molar-refractivity contribution in [2.24, 2.45) is 0 Å². The van der Waals surface area contributed by atoms with Crippen molar-refractivity contribution in [1.82, 2.24) is 14.9 Å². The van der Waals surface area contributed by atoms with Gasteiger partial charge in [-0.3, -0.25) is 4.90 Å². The molecular weight excluding hydrogens is 545 g/mol. The molecular formula is C28H33Cl2N3O4S. The van der Waals surface area contributed by atoms with Crippen molar-refractivity contribution < 1.29 is 19.7 Å². The number of hydrogen-bond acceptors (Lipinski definition) is 8. The fourth-order valence-electron chi connectivity index (χ4n) is 3.97. The summed E-state index contributed by atoms with van der Waals surface area (Å²) in [5, 5.41) is 22.5. The number of carbonyl (C=O) groups excluding carboxylic acids is 1. The minimum atomic E-state index is -0.889. The second-order valence-electron chi connectivity index (χ2n) is 8.99. The topological polar surface area (TPSA) is 95.8 Å². The van der Waals surface area contributed by atoms with Gasteiger partial charge < -0.3 is 14.9 Å². The number of pyridine rings is 2. The number of rotatable bonds is 13. The normalized spacial score (nSPS) is 14.4. The maximum atomic E-state index is 11.8. The molecule has 0 bridgehead atoms. The summed E-state index contributed by atoms with van der Waals surface area (Å²) in [5.41, 5.74) is 1.80. The summed E-state index contributed by atoms with van der Waals surface area (Å²) in [6.45, 7) is 6.59. The predicted octanol–water partition coefficient (Wildman–Crippen LogP) is 5.90. The maximum Gasteiger partial charge on any atom is 0.331 e. The van der Waals surface area contributed by atoms with Crippen molar-refractivity contribution in [2.45, 2.75) is 51.9 Å². The van der Waals surface area contributed by atoms with Gasteiger partial charge in [0.25, 0.3) is 0 Å². The molecule has 204 valence electrons. The number of aryl methyl sites for hydroxylation is 1. The first-order chi connectivity index (χ1) is 18.2. The van der Waals surface area contributed by atoms with E-state index in [1.54, 1.807) is 54.7 Å². The van der Waals surface area contributed by atoms with E-state index in [4.69, 9.17) is 27.9 Å². The van der Waals surface area contributed by atoms with Crippen molar-refractivity contribution in [3.63, 3.8) is 0 Å². The predicted molar refractivity (Wildman–Crippen MR) is 152 cm³/mol. The molecule has 0 fully saturated rings. The van der Waals surface area contributed by atoms with Gasteiger partial charge in [0.15, 0.2) is 0 Å². The van der Waals surface area contributed by atoms with Crippen LogP contribution in [0.25, 0.3) is 5.57 Å². The average molecular weight is 579 g/mol. The molecule has 0 aliphatic heterocycles. The van der Waals surface area contributed by atoms with Gasteiger partial charge in [-0.2, -0.15) is 0 Å². The van der Waals surface area contributed by atoms with Crippen molar-refractivity contribution in [3.8, 4) is 0 Å². The molecule has 0 aliphatic rings. The molecule has 0 saturated carbocycles. The smallest absolute Gasteiger partial charge is 0.331 e. The van der Waals surface area contributed by atoms with E-state index in [-0.39, 0.29) is 25.1 Å². The summed E-state index contributed by atoms with van der Waals surface area (Å²) >= 11 is 13.7. The zero-order valence-corrected chi connectivity index (χ0v) is 24.0. The minimum Gasteiger partial charge on any atom is -0.463 e. The monoisotopic (exact) mass is 577 g/mol. The Morgan fingerprint density at radius 1 is 1.03 bits per heavy atom. The SMILES string of the molecule is CCOC(=O)/C=C(\C)c1ccc(CCC(C)N(CC(O)c2cccc(Cl)n2)CC(O)c2cccc(Cl)n2)s1. The second-order valence-corrected chi connectivity index (χ2v) is 10.9. The average Bonchev–Trinajstić information content (AvgIpc) is 3.36. The standard InChI is InChI=1S/C28H33Cl2N3O4S/c1-4-37-28(36)15-18(2)25-14-13-20(38-25)12-11-19(3)33(16-23(34)21-7-5-9-26(29)31-21)17-24(35)22-8-6-10-27(30)32-22/h5-10,13-15,19,23-24,34-35H,4,11-12,16-17H2,1-3H3/b18-15+. The molecule has 3 heterocycles. The lowest BCUT2D eigenvalue weighted by Crippen LogP contribution is -2.40. The zero-order valence-electron chi connectivity index (χ0n) is 21.7. The molecule has 3 aromatic heterocycles. The Labute approximate surface area is 237 Å². The van der Waals surface area contributed by atoms with E-state index in [1.807, 2.05) is 17.9 Å². The van der Waals surface area contributed by atoms with Crippen LogP contribution in [0.15, 0.2) is 54.6 Å². The summed E-state index contributed by atoms with van der Waals surface area (Å²) < 4.78 is 5.01. The Kier molecular flexibility index (Phi) is 11.7. The molecule has 38 heavy (non-hydrogen) atoms. The molecule has 0 spiro atoms. The third-order valence-electron chi connectivity index (χ3n) is 6.07. The Balaban J connectivity index is 1.71. The van der Waals surface area contributed by atoms with Crippen LogP contribution >= 0.6 is 34.5 Å². The minimum absolute atomic E-state index is 0.0133. The Morgan fingerprint density at radius 3 is 2.13 bits per heavy atom. The molecule has 0 radical (unpaired) electrons. The molecule has 3 unspecified atom stereocenters. The van der Waals surface area contributed by atoms with Crippen LogP contribution in [-0.2, 0) is 16.0 Å². The van der Waals surface area contributed by atoms with Gasteiger partial charge in [0.2, 0.25) is 0 Å². The van der Waals surface area contributed by atoms with Crippen LogP contribution in [0.3, 0.4) is 0 Å². The van der Waals surface area contributed by atoms with Gasteiger partial charge in [0, 0.05) is 35.0 Å². The lowest BCUT2D eigenvalue weighted by atomic mass is 10.1. The van der Waals surface area contributed by atoms with Crippen LogP contribution in [0, 0.1) is 0 Å². The third-order valence-corrected chi connectivity index (χ3v) is 7.78. The quantitative estimate of drug-likeness (QED) is 0.148. The molecule has 0 aromatic carbocycles. The third kappa shape index (κ3) is 9.15. The van der Waals surface area contributed by atoms with Gasteiger partial charge in [0.05, 0.1) is 18.0 Å². The zero-order chi connectivity index (χ0) is 27.7. The van der Waals surface area contributed by atoms with Gasteiger partial charge in [-0.1, -0.05) is 35.3 Å². The van der Waals surface area contributed by atoms with Crippen LogP contribution in [-0.4, -0.2) is 56.8 Å². The van der Waals surface area contributed by atoms with E-state index in [9.17, 15) is 15.0 Å². The summed E-state index contributed by atoms with van der Waals surface area (Å²) in [5.74, 6) is -0.343. The largest absolute Gasteiger partial charge is 0.463 e. The van der Waals surface area contributed by atoms with E-state index in [0.29, 0.717) is 28.3 Å². The maximum absolute atomic E-state index is 11.8. The number of thiophene rings is 1. The van der Waals surface area contributed by atoms with Gasteiger partial charge in [-0.05, 0) is 75.6 Å². The fourth-order valence-corrected chi connectivity index (χ4v) is 5.31. The molecule has 3 atom stereocenters. The number of hydrogen-bond donors (Lipinski definition) is 2. The lowest BCUT2D eigenvalue weighted by molar-refractivity contribution is -0.137. The highest BCUT2D eigenvalue weighted by molar-refractivity contribution is 7.13. The highest BCUT2D eigenvalue weighted by Gasteiger charge is 2.24. The molecule has 7 nitrogen and oxygen atoms in total. The van der Waals surface area contributed by atoms with E-state index >= 15 is 0 Å². The number of aromatic nitrogens is 2. The van der Waals surface area contributed by atoms with E-state index in [1.165, 1.54) is 11.0 Å². The Bertz CT molecular complexity index is 1180. The van der Waals surface area contributed by atoms with Crippen molar-refractivity contribution >= 4 is 46.1 Å². The van der Waals surface area contributed by atoms with E-state index in [0.717, 1.165) is 23.3 Å². The van der Waals surface area contributed by atoms with Gasteiger partial charge >= 0.3 is 5.97 Å². The summed E-state index contributed by atoms with van der Waals surface area (Å²) in [6.07, 6.45) is 1.32. The van der Waals surface area contributed by atoms with Gasteiger partial charge in [0.1, 0.15) is 22.5 Å². The van der Waals surface area contributed by atoms with Crippen LogP contribution in [0.4, 0.5) is 0 Å². The molecule has 3 aromatic rings. The van der Waals surface area contributed by atoms with Crippen LogP contribution in [0.2, 0.25) is 10.3 Å². The van der Waals surface area contributed by atoms with Crippen molar-refractivity contribution in [1.29, 1.82) is 0 Å². The number of allylic oxidation sites excluding steroid dienone is 1.